The standard InChI is InChI=1S/2C19H29NO3/c2*1-12(2)5-14-9-20-4-3-13-6-15(10-21)16(11-22)7-17(13)18(20)8-19(14)23/h2*6-7,12,14,18-19,21-23H,3-5,8-11H2,1-2H3/t2*14-,18+,19-/m10/s1. The van der Waals surface area contributed by atoms with Gasteiger partial charge in [-0.1, -0.05) is 52.0 Å². The molecule has 8 heteroatoms. The fourth-order valence-electron chi connectivity index (χ4n) is 8.75. The predicted octanol–water partition coefficient (Wildman–Crippen LogP) is 3.99. The average molecular weight is 639 g/mol. The van der Waals surface area contributed by atoms with Gasteiger partial charge in [0.2, 0.25) is 0 Å². The third kappa shape index (κ3) is 7.71. The molecule has 6 atom stereocenters. The summed E-state index contributed by atoms with van der Waals surface area (Å²) in [5.74, 6) is 1.94. The number of hydrogen-bond donors (Lipinski definition) is 6. The van der Waals surface area contributed by atoms with Crippen LogP contribution in [0.1, 0.15) is 110 Å². The average Bonchev–Trinajstić information content (AvgIpc) is 3.04. The van der Waals surface area contributed by atoms with Crippen LogP contribution in [0.3, 0.4) is 0 Å². The first kappa shape index (κ1) is 35.4. The Kier molecular flexibility index (Phi) is 12.0. The topological polar surface area (TPSA) is 128 Å². The van der Waals surface area contributed by atoms with Gasteiger partial charge in [0.05, 0.1) is 38.6 Å². The second-order valence-electron chi connectivity index (χ2n) is 15.2. The minimum Gasteiger partial charge on any atom is -0.393 e. The van der Waals surface area contributed by atoms with Crippen molar-refractivity contribution in [1.82, 2.24) is 9.80 Å². The molecule has 0 unspecified atom stereocenters. The van der Waals surface area contributed by atoms with Crippen molar-refractivity contribution in [2.24, 2.45) is 23.7 Å². The lowest BCUT2D eigenvalue weighted by molar-refractivity contribution is -0.0192. The van der Waals surface area contributed by atoms with E-state index in [1.807, 2.05) is 24.3 Å². The van der Waals surface area contributed by atoms with E-state index in [1.54, 1.807) is 0 Å². The van der Waals surface area contributed by atoms with Gasteiger partial charge in [-0.3, -0.25) is 9.80 Å². The molecular formula is C38H58N2O6. The SMILES string of the molecule is CC(C)C[C@@H]1CN2CCc3cc(CO)c(CO)cc3[C@@H]2C[C@H]1O.CC(C)C[C@H]1CN2CCc3cc(CO)c(CO)cc3[C@H]2C[C@@H]1O. The summed E-state index contributed by atoms with van der Waals surface area (Å²) in [4.78, 5) is 5.00. The molecule has 2 aromatic rings. The highest BCUT2D eigenvalue weighted by molar-refractivity contribution is 5.43. The van der Waals surface area contributed by atoms with Gasteiger partial charge in [-0.15, -0.1) is 0 Å². The molecule has 6 N–H and O–H groups in total. The van der Waals surface area contributed by atoms with Crippen molar-refractivity contribution >= 4 is 0 Å². The quantitative estimate of drug-likeness (QED) is 0.256. The number of hydrogen-bond acceptors (Lipinski definition) is 8. The van der Waals surface area contributed by atoms with Crippen LogP contribution in [-0.4, -0.2) is 78.8 Å². The summed E-state index contributed by atoms with van der Waals surface area (Å²) >= 11 is 0. The normalized spacial score (nSPS) is 27.8. The highest BCUT2D eigenvalue weighted by Crippen LogP contribution is 2.42. The largest absolute Gasteiger partial charge is 0.393 e. The summed E-state index contributed by atoms with van der Waals surface area (Å²) in [6.45, 7) is 12.7. The molecule has 4 aliphatic rings. The number of aliphatic hydroxyl groups excluding tert-OH is 6. The zero-order valence-corrected chi connectivity index (χ0v) is 28.4. The van der Waals surface area contributed by atoms with Gasteiger partial charge in [-0.05, 0) is 107 Å². The Morgan fingerprint density at radius 1 is 0.587 bits per heavy atom. The molecule has 256 valence electrons. The van der Waals surface area contributed by atoms with E-state index in [1.165, 1.54) is 22.3 Å². The number of nitrogens with zero attached hydrogens (tertiary/aromatic N) is 2. The summed E-state index contributed by atoms with van der Waals surface area (Å²) in [5, 5.41) is 59.3. The Morgan fingerprint density at radius 2 is 0.935 bits per heavy atom. The van der Waals surface area contributed by atoms with E-state index in [4.69, 9.17) is 0 Å². The van der Waals surface area contributed by atoms with Crippen LogP contribution in [-0.2, 0) is 39.3 Å². The molecule has 0 saturated carbocycles. The lowest BCUT2D eigenvalue weighted by atomic mass is 9.78. The Hall–Kier alpha value is -1.88. The number of fused-ring (bicyclic) bond motifs is 6. The number of aliphatic hydroxyl groups is 6. The smallest absolute Gasteiger partial charge is 0.0685 e. The Balaban J connectivity index is 0.000000181. The molecule has 6 rings (SSSR count). The predicted molar refractivity (Wildman–Crippen MR) is 180 cm³/mol. The van der Waals surface area contributed by atoms with Gasteiger partial charge in [-0.2, -0.15) is 0 Å². The maximum Gasteiger partial charge on any atom is 0.0685 e. The molecule has 2 aromatic carbocycles. The van der Waals surface area contributed by atoms with Gasteiger partial charge in [0, 0.05) is 38.3 Å². The van der Waals surface area contributed by atoms with Crippen LogP contribution >= 0.6 is 0 Å². The molecule has 0 spiro atoms. The first-order valence-corrected chi connectivity index (χ1v) is 17.6. The van der Waals surface area contributed by atoms with E-state index in [9.17, 15) is 30.6 Å². The molecule has 8 nitrogen and oxygen atoms in total. The van der Waals surface area contributed by atoms with Crippen LogP contribution in [0.2, 0.25) is 0 Å². The minimum atomic E-state index is -0.250. The summed E-state index contributed by atoms with van der Waals surface area (Å²) in [6, 6.07) is 8.68. The zero-order chi connectivity index (χ0) is 33.1. The van der Waals surface area contributed by atoms with E-state index in [0.717, 1.165) is 87.0 Å². The summed E-state index contributed by atoms with van der Waals surface area (Å²) in [6.07, 6.45) is 5.15. The van der Waals surface area contributed by atoms with E-state index in [2.05, 4.69) is 37.5 Å². The maximum atomic E-state index is 10.6. The first-order valence-electron chi connectivity index (χ1n) is 17.6. The minimum absolute atomic E-state index is 0.0311. The van der Waals surface area contributed by atoms with Gasteiger partial charge in [-0.25, -0.2) is 0 Å². The molecule has 0 aromatic heterocycles. The molecule has 0 radical (unpaired) electrons. The van der Waals surface area contributed by atoms with Crippen LogP contribution < -0.4 is 0 Å². The summed E-state index contributed by atoms with van der Waals surface area (Å²) in [7, 11) is 0. The Labute approximate surface area is 275 Å². The van der Waals surface area contributed by atoms with Crippen LogP contribution in [0.25, 0.3) is 0 Å². The van der Waals surface area contributed by atoms with Crippen LogP contribution in [0, 0.1) is 23.7 Å². The van der Waals surface area contributed by atoms with E-state index >= 15 is 0 Å². The van der Waals surface area contributed by atoms with Crippen molar-refractivity contribution in [1.29, 1.82) is 0 Å². The lowest BCUT2D eigenvalue weighted by Crippen LogP contribution is -2.48. The van der Waals surface area contributed by atoms with E-state index in [0.29, 0.717) is 23.7 Å². The van der Waals surface area contributed by atoms with Crippen molar-refractivity contribution < 1.29 is 30.6 Å². The van der Waals surface area contributed by atoms with Gasteiger partial charge >= 0.3 is 0 Å². The zero-order valence-electron chi connectivity index (χ0n) is 28.4. The molecule has 0 aliphatic carbocycles. The van der Waals surface area contributed by atoms with Crippen molar-refractivity contribution in [3.8, 4) is 0 Å². The molecule has 2 saturated heterocycles. The second-order valence-corrected chi connectivity index (χ2v) is 15.2. The Morgan fingerprint density at radius 3 is 1.26 bits per heavy atom. The van der Waals surface area contributed by atoms with E-state index < -0.39 is 0 Å². The van der Waals surface area contributed by atoms with Crippen LogP contribution in [0.15, 0.2) is 24.3 Å². The summed E-state index contributed by atoms with van der Waals surface area (Å²) < 4.78 is 0. The van der Waals surface area contributed by atoms with Gasteiger partial charge in [0.1, 0.15) is 0 Å². The molecule has 0 amide bonds. The highest BCUT2D eigenvalue weighted by Gasteiger charge is 2.40. The number of piperidine rings is 2. The van der Waals surface area contributed by atoms with Gasteiger partial charge < -0.3 is 30.6 Å². The maximum absolute atomic E-state index is 10.6. The van der Waals surface area contributed by atoms with E-state index in [-0.39, 0.29) is 50.7 Å². The molecule has 0 bridgehead atoms. The second kappa shape index (κ2) is 15.6. The third-order valence-corrected chi connectivity index (χ3v) is 11.0. The first-order chi connectivity index (χ1) is 22.1. The highest BCUT2D eigenvalue weighted by atomic mass is 16.3. The lowest BCUT2D eigenvalue weighted by Gasteiger charge is -2.46. The van der Waals surface area contributed by atoms with Crippen molar-refractivity contribution in [2.75, 3.05) is 26.2 Å². The van der Waals surface area contributed by atoms with Crippen molar-refractivity contribution in [2.45, 2.75) is 117 Å². The van der Waals surface area contributed by atoms with Crippen LogP contribution in [0.5, 0.6) is 0 Å². The van der Waals surface area contributed by atoms with Gasteiger partial charge in [0.15, 0.2) is 0 Å². The third-order valence-electron chi connectivity index (χ3n) is 11.0. The molecular weight excluding hydrogens is 580 g/mol. The molecule has 4 heterocycles. The Bertz CT molecular complexity index is 1220. The van der Waals surface area contributed by atoms with Gasteiger partial charge in [0.25, 0.3) is 0 Å². The fraction of sp³-hybridized carbons (Fsp3) is 0.684. The summed E-state index contributed by atoms with van der Waals surface area (Å²) in [5.41, 5.74) is 8.28. The van der Waals surface area contributed by atoms with Crippen molar-refractivity contribution in [3.63, 3.8) is 0 Å². The van der Waals surface area contributed by atoms with Crippen LogP contribution in [0.4, 0.5) is 0 Å². The van der Waals surface area contributed by atoms with Crippen molar-refractivity contribution in [3.05, 3.63) is 68.8 Å². The molecule has 2 fully saturated rings. The molecule has 46 heavy (non-hydrogen) atoms. The molecule has 4 aliphatic heterocycles. The number of benzene rings is 2. The monoisotopic (exact) mass is 638 g/mol. The fourth-order valence-corrected chi connectivity index (χ4v) is 8.75. The number of rotatable bonds is 8.